The van der Waals surface area contributed by atoms with Crippen molar-refractivity contribution in [3.05, 3.63) is 59.2 Å². The molecule has 0 aliphatic rings. The van der Waals surface area contributed by atoms with Gasteiger partial charge in [0, 0.05) is 17.1 Å². The molecule has 0 unspecified atom stereocenters. The molecule has 98 valence electrons. The number of benzene rings is 1. The van der Waals surface area contributed by atoms with Crippen molar-refractivity contribution in [3.63, 3.8) is 0 Å². The third-order valence-electron chi connectivity index (χ3n) is 2.93. The summed E-state index contributed by atoms with van der Waals surface area (Å²) in [4.78, 5) is 20.3. The summed E-state index contributed by atoms with van der Waals surface area (Å²) < 4.78 is 0. The lowest BCUT2D eigenvalue weighted by atomic mass is 10.1. The minimum atomic E-state index is -0.545. The minimum Gasteiger partial charge on any atom is -0.276 e. The highest BCUT2D eigenvalue weighted by atomic mass is 35.5. The van der Waals surface area contributed by atoms with E-state index in [4.69, 9.17) is 23.2 Å². The van der Waals surface area contributed by atoms with E-state index in [1.165, 1.54) is 0 Å². The van der Waals surface area contributed by atoms with Crippen molar-refractivity contribution in [1.29, 1.82) is 0 Å². The number of fused-ring (bicyclic) bond motifs is 1. The maximum Gasteiger partial charge on any atom is 0.253 e. The van der Waals surface area contributed by atoms with Crippen LogP contribution in [0.3, 0.4) is 0 Å². The molecule has 0 saturated heterocycles. The van der Waals surface area contributed by atoms with Gasteiger partial charge in [-0.15, -0.1) is 0 Å². The summed E-state index contributed by atoms with van der Waals surface area (Å²) in [5, 5.41) is 0.563. The normalized spacial score (nSPS) is 10.7. The Labute approximate surface area is 125 Å². The van der Waals surface area contributed by atoms with Crippen LogP contribution in [-0.4, -0.2) is 15.2 Å². The van der Waals surface area contributed by atoms with Gasteiger partial charge in [-0.05, 0) is 35.9 Å². The van der Waals surface area contributed by atoms with Gasteiger partial charge >= 0.3 is 0 Å². The Kier molecular flexibility index (Phi) is 3.38. The number of carbonyl (C=O) groups is 1. The molecule has 0 spiro atoms. The van der Waals surface area contributed by atoms with Gasteiger partial charge in [-0.3, -0.25) is 9.78 Å². The summed E-state index contributed by atoms with van der Waals surface area (Å²) in [7, 11) is 0. The van der Waals surface area contributed by atoms with E-state index in [2.05, 4.69) is 9.97 Å². The molecule has 3 rings (SSSR count). The van der Waals surface area contributed by atoms with E-state index in [-0.39, 0.29) is 0 Å². The summed E-state index contributed by atoms with van der Waals surface area (Å²) in [6.07, 6.45) is 1.66. The monoisotopic (exact) mass is 302 g/mol. The van der Waals surface area contributed by atoms with Gasteiger partial charge in [0.05, 0.1) is 21.9 Å². The van der Waals surface area contributed by atoms with Crippen molar-refractivity contribution in [2.45, 2.75) is 0 Å². The fraction of sp³-hybridized carbons (Fsp3) is 0. The quantitative estimate of drug-likeness (QED) is 0.662. The predicted molar refractivity (Wildman–Crippen MR) is 80.2 cm³/mol. The van der Waals surface area contributed by atoms with E-state index in [0.29, 0.717) is 32.9 Å². The Morgan fingerprint density at radius 3 is 2.60 bits per heavy atom. The summed E-state index contributed by atoms with van der Waals surface area (Å²) in [5.41, 5.74) is 2.14. The first-order chi connectivity index (χ1) is 9.66. The van der Waals surface area contributed by atoms with Crippen LogP contribution < -0.4 is 0 Å². The maximum atomic E-state index is 11.6. The number of hydrogen-bond donors (Lipinski definition) is 0. The highest BCUT2D eigenvalue weighted by Gasteiger charge is 2.14. The van der Waals surface area contributed by atoms with E-state index < -0.39 is 5.24 Å². The van der Waals surface area contributed by atoms with Crippen molar-refractivity contribution >= 4 is 39.3 Å². The highest BCUT2D eigenvalue weighted by Crippen LogP contribution is 2.29. The maximum absolute atomic E-state index is 11.6. The fourth-order valence-electron chi connectivity index (χ4n) is 2.02. The highest BCUT2D eigenvalue weighted by molar-refractivity contribution is 6.68. The van der Waals surface area contributed by atoms with Gasteiger partial charge in [-0.1, -0.05) is 29.8 Å². The third kappa shape index (κ3) is 2.26. The van der Waals surface area contributed by atoms with Gasteiger partial charge in [0.15, 0.2) is 0 Å². The predicted octanol–water partition coefficient (Wildman–Crippen LogP) is 4.33. The molecule has 0 saturated carbocycles. The number of rotatable bonds is 2. The Morgan fingerprint density at radius 1 is 1.05 bits per heavy atom. The molecule has 0 bridgehead atoms. The molecular formula is C15H8Cl2N2O. The lowest BCUT2D eigenvalue weighted by molar-refractivity contribution is 0.108. The average Bonchev–Trinajstić information content (AvgIpc) is 2.47. The molecule has 0 aliphatic heterocycles. The van der Waals surface area contributed by atoms with Crippen molar-refractivity contribution < 1.29 is 4.79 Å². The standard InChI is InChI=1S/C15H8Cl2N2O/c16-11-5-3-4-9-10(15(17)20)8-13(19-14(9)11)12-6-1-2-7-18-12/h1-8H. The smallest absolute Gasteiger partial charge is 0.253 e. The van der Waals surface area contributed by atoms with Crippen molar-refractivity contribution in [3.8, 4) is 11.4 Å². The van der Waals surface area contributed by atoms with Crippen LogP contribution in [0.2, 0.25) is 5.02 Å². The van der Waals surface area contributed by atoms with Gasteiger partial charge in [0.25, 0.3) is 5.24 Å². The molecule has 0 atom stereocenters. The summed E-state index contributed by atoms with van der Waals surface area (Å²) >= 11 is 11.8. The fourth-order valence-corrected chi connectivity index (χ4v) is 2.39. The van der Waals surface area contributed by atoms with Gasteiger partial charge in [-0.25, -0.2) is 4.98 Å². The van der Waals surface area contributed by atoms with Crippen LogP contribution in [0.25, 0.3) is 22.3 Å². The molecule has 3 aromatic rings. The van der Waals surface area contributed by atoms with E-state index in [1.807, 2.05) is 18.2 Å². The van der Waals surface area contributed by atoms with Crippen LogP contribution in [0.1, 0.15) is 10.4 Å². The van der Waals surface area contributed by atoms with Crippen molar-refractivity contribution in [2.75, 3.05) is 0 Å². The van der Waals surface area contributed by atoms with Crippen LogP contribution in [0.5, 0.6) is 0 Å². The molecule has 1 aromatic carbocycles. The zero-order valence-electron chi connectivity index (χ0n) is 10.2. The molecule has 2 heterocycles. The molecular weight excluding hydrogens is 295 g/mol. The number of nitrogens with zero attached hydrogens (tertiary/aromatic N) is 2. The average molecular weight is 303 g/mol. The number of aromatic nitrogens is 2. The van der Waals surface area contributed by atoms with E-state index >= 15 is 0 Å². The number of hydrogen-bond acceptors (Lipinski definition) is 3. The lowest BCUT2D eigenvalue weighted by Crippen LogP contribution is -1.97. The molecule has 5 heteroatoms. The summed E-state index contributed by atoms with van der Waals surface area (Å²) in [6, 6.07) is 12.4. The molecule has 0 amide bonds. The number of carbonyl (C=O) groups excluding carboxylic acids is 1. The van der Waals surface area contributed by atoms with E-state index in [9.17, 15) is 4.79 Å². The molecule has 2 aromatic heterocycles. The van der Waals surface area contributed by atoms with Crippen molar-refractivity contribution in [1.82, 2.24) is 9.97 Å². The second-order valence-electron chi connectivity index (χ2n) is 4.18. The minimum absolute atomic E-state index is 0.375. The van der Waals surface area contributed by atoms with Crippen LogP contribution >= 0.6 is 23.2 Å². The Balaban J connectivity index is 2.36. The SMILES string of the molecule is O=C(Cl)c1cc(-c2ccccn2)nc2c(Cl)cccc12. The van der Waals surface area contributed by atoms with Gasteiger partial charge in [0.1, 0.15) is 0 Å². The van der Waals surface area contributed by atoms with Gasteiger partial charge in [0.2, 0.25) is 0 Å². The second kappa shape index (κ2) is 5.19. The molecule has 0 fully saturated rings. The molecule has 20 heavy (non-hydrogen) atoms. The first-order valence-electron chi connectivity index (χ1n) is 5.87. The summed E-state index contributed by atoms with van der Waals surface area (Å²) in [5.74, 6) is 0. The zero-order valence-corrected chi connectivity index (χ0v) is 11.7. The third-order valence-corrected chi connectivity index (χ3v) is 3.44. The number of pyridine rings is 2. The number of para-hydroxylation sites is 1. The Morgan fingerprint density at radius 2 is 1.90 bits per heavy atom. The largest absolute Gasteiger partial charge is 0.276 e. The van der Waals surface area contributed by atoms with E-state index in [1.54, 1.807) is 30.5 Å². The Bertz CT molecular complexity index is 804. The molecule has 0 aliphatic carbocycles. The topological polar surface area (TPSA) is 42.9 Å². The van der Waals surface area contributed by atoms with Gasteiger partial charge < -0.3 is 0 Å². The first kappa shape index (κ1) is 13.0. The lowest BCUT2D eigenvalue weighted by Gasteiger charge is -2.07. The van der Waals surface area contributed by atoms with Crippen LogP contribution in [0.4, 0.5) is 0 Å². The van der Waals surface area contributed by atoms with Crippen LogP contribution in [-0.2, 0) is 0 Å². The van der Waals surface area contributed by atoms with Crippen molar-refractivity contribution in [2.24, 2.45) is 0 Å². The second-order valence-corrected chi connectivity index (χ2v) is 4.93. The molecule has 3 nitrogen and oxygen atoms in total. The number of halogens is 2. The van der Waals surface area contributed by atoms with E-state index in [0.717, 1.165) is 0 Å². The Hall–Kier alpha value is -1.97. The zero-order chi connectivity index (χ0) is 14.1. The van der Waals surface area contributed by atoms with Crippen LogP contribution in [0, 0.1) is 0 Å². The molecule has 0 N–H and O–H groups in total. The molecule has 0 radical (unpaired) electrons. The van der Waals surface area contributed by atoms with Gasteiger partial charge in [-0.2, -0.15) is 0 Å². The first-order valence-corrected chi connectivity index (χ1v) is 6.63. The summed E-state index contributed by atoms with van der Waals surface area (Å²) in [6.45, 7) is 0. The van der Waals surface area contributed by atoms with Crippen LogP contribution in [0.15, 0.2) is 48.7 Å².